The molecule has 1 saturated heterocycles. The maximum atomic E-state index is 13.4. The van der Waals surface area contributed by atoms with E-state index in [0.29, 0.717) is 39.1 Å². The van der Waals surface area contributed by atoms with Crippen LogP contribution in [0, 0.1) is 0 Å². The van der Waals surface area contributed by atoms with Crippen molar-refractivity contribution >= 4 is 38.4 Å². The minimum atomic E-state index is -4.80. The Morgan fingerprint density at radius 1 is 1.26 bits per heavy atom. The monoisotopic (exact) mass is 497 g/mol. The van der Waals surface area contributed by atoms with E-state index >= 15 is 0 Å². The molecule has 1 aliphatic heterocycles. The number of carbonyl (C=O) groups excluding carboxylic acids is 1. The molecule has 0 saturated carbocycles. The molecule has 3 aromatic rings. The van der Waals surface area contributed by atoms with E-state index in [-0.39, 0.29) is 18.4 Å². The van der Waals surface area contributed by atoms with Gasteiger partial charge in [0.25, 0.3) is 0 Å². The number of hydrogen-bond donors (Lipinski definition) is 1. The number of nitrogens with zero attached hydrogens (tertiary/aromatic N) is 2. The second kappa shape index (κ2) is 9.94. The number of anilines is 2. The van der Waals surface area contributed by atoms with E-state index in [0.717, 1.165) is 24.2 Å². The van der Waals surface area contributed by atoms with Gasteiger partial charge in [0.2, 0.25) is 0 Å². The number of urea groups is 1. The van der Waals surface area contributed by atoms with Gasteiger partial charge in [-0.1, -0.05) is 17.4 Å². The predicted molar refractivity (Wildman–Crippen MR) is 121 cm³/mol. The number of halogens is 3. The molecule has 4 rings (SSSR count). The number of para-hydroxylation sites is 1. The minimum Gasteiger partial charge on any atom is -0.493 e. The van der Waals surface area contributed by atoms with Crippen molar-refractivity contribution < 1.29 is 36.9 Å². The van der Waals surface area contributed by atoms with Crippen molar-refractivity contribution in [1.29, 1.82) is 0 Å². The summed E-state index contributed by atoms with van der Waals surface area (Å²) < 4.78 is 58.6. The molecule has 0 bridgehead atoms. The van der Waals surface area contributed by atoms with Gasteiger partial charge in [-0.3, -0.25) is 4.90 Å². The summed E-state index contributed by atoms with van der Waals surface area (Å²) in [5.41, 5.74) is 0.838. The van der Waals surface area contributed by atoms with Crippen LogP contribution in [0.2, 0.25) is 0 Å². The lowest BCUT2D eigenvalue weighted by Crippen LogP contribution is -2.40. The first-order valence-electron chi connectivity index (χ1n) is 10.3. The number of thiazole rings is 1. The SMILES string of the molecule is COc1cccc(NC(=O)N(CC2CCCO2)c2nc3ccc(OC(F)(F)F)cc3s2)c1OC. The average molecular weight is 497 g/mol. The van der Waals surface area contributed by atoms with Gasteiger partial charge in [-0.15, -0.1) is 13.2 Å². The molecule has 0 spiro atoms. The van der Waals surface area contributed by atoms with Crippen LogP contribution in [0.5, 0.6) is 17.2 Å². The first kappa shape index (κ1) is 23.9. The Morgan fingerprint density at radius 3 is 2.76 bits per heavy atom. The maximum absolute atomic E-state index is 13.4. The molecule has 8 nitrogen and oxygen atoms in total. The van der Waals surface area contributed by atoms with E-state index in [2.05, 4.69) is 15.0 Å². The van der Waals surface area contributed by atoms with Crippen LogP contribution < -0.4 is 24.4 Å². The summed E-state index contributed by atoms with van der Waals surface area (Å²) in [7, 11) is 2.96. The summed E-state index contributed by atoms with van der Waals surface area (Å²) in [4.78, 5) is 19.2. The Hall–Kier alpha value is -3.25. The molecule has 1 atom stereocenters. The lowest BCUT2D eigenvalue weighted by atomic mass is 10.2. The molecule has 0 aliphatic carbocycles. The number of methoxy groups -OCH3 is 2. The number of rotatable bonds is 7. The molecule has 1 aromatic heterocycles. The van der Waals surface area contributed by atoms with E-state index in [4.69, 9.17) is 14.2 Å². The van der Waals surface area contributed by atoms with E-state index in [1.807, 2.05) is 0 Å². The van der Waals surface area contributed by atoms with Gasteiger partial charge in [-0.2, -0.15) is 0 Å². The summed E-state index contributed by atoms with van der Waals surface area (Å²) in [6, 6.07) is 8.44. The zero-order valence-electron chi connectivity index (χ0n) is 18.3. The van der Waals surface area contributed by atoms with Crippen LogP contribution in [0.1, 0.15) is 12.8 Å². The van der Waals surface area contributed by atoms with E-state index in [1.165, 1.54) is 37.3 Å². The van der Waals surface area contributed by atoms with Gasteiger partial charge in [-0.25, -0.2) is 9.78 Å². The van der Waals surface area contributed by atoms with Crippen molar-refractivity contribution in [2.45, 2.75) is 25.3 Å². The summed E-state index contributed by atoms with van der Waals surface area (Å²) in [5.74, 6) is 0.447. The molecule has 0 radical (unpaired) electrons. The molecule has 1 N–H and O–H groups in total. The fraction of sp³-hybridized carbons (Fsp3) is 0.364. The lowest BCUT2D eigenvalue weighted by molar-refractivity contribution is -0.274. The van der Waals surface area contributed by atoms with E-state index < -0.39 is 12.4 Å². The second-order valence-corrected chi connectivity index (χ2v) is 8.40. The summed E-state index contributed by atoms with van der Waals surface area (Å²) >= 11 is 1.08. The molecule has 2 aromatic carbocycles. The molecule has 12 heteroatoms. The third-order valence-electron chi connectivity index (χ3n) is 5.11. The van der Waals surface area contributed by atoms with Crippen molar-refractivity contribution in [3.05, 3.63) is 36.4 Å². The molecular formula is C22H22F3N3O5S. The highest BCUT2D eigenvalue weighted by molar-refractivity contribution is 7.22. The van der Waals surface area contributed by atoms with Crippen LogP contribution >= 0.6 is 11.3 Å². The van der Waals surface area contributed by atoms with Crippen LogP contribution in [-0.4, -0.2) is 50.9 Å². The zero-order valence-corrected chi connectivity index (χ0v) is 19.2. The molecule has 1 aliphatic rings. The highest BCUT2D eigenvalue weighted by Crippen LogP contribution is 2.37. The van der Waals surface area contributed by atoms with E-state index in [1.54, 1.807) is 18.2 Å². The highest BCUT2D eigenvalue weighted by atomic mass is 32.1. The first-order chi connectivity index (χ1) is 16.3. The summed E-state index contributed by atoms with van der Waals surface area (Å²) in [6.45, 7) is 0.825. The van der Waals surface area contributed by atoms with E-state index in [9.17, 15) is 18.0 Å². The number of carbonyl (C=O) groups is 1. The van der Waals surface area contributed by atoms with Crippen LogP contribution in [0.25, 0.3) is 10.2 Å². The molecule has 1 fully saturated rings. The van der Waals surface area contributed by atoms with Crippen molar-refractivity contribution in [1.82, 2.24) is 4.98 Å². The Kier molecular flexibility index (Phi) is 6.98. The standard InChI is InChI=1S/C22H22F3N3O5S/c1-30-17-7-3-6-16(19(17)31-2)26-20(29)28(12-14-5-4-10-32-14)21-27-15-9-8-13(11-18(15)34-21)33-22(23,24)25/h3,6-9,11,14H,4-5,10,12H2,1-2H3,(H,26,29). The Balaban J connectivity index is 1.64. The van der Waals surface area contributed by atoms with Gasteiger partial charge in [0, 0.05) is 12.7 Å². The van der Waals surface area contributed by atoms with Crippen LogP contribution in [0.3, 0.4) is 0 Å². The fourth-order valence-electron chi connectivity index (χ4n) is 3.61. The largest absolute Gasteiger partial charge is 0.573 e. The van der Waals surface area contributed by atoms with Crippen molar-refractivity contribution in [3.63, 3.8) is 0 Å². The molecule has 182 valence electrons. The molecule has 34 heavy (non-hydrogen) atoms. The highest BCUT2D eigenvalue weighted by Gasteiger charge is 2.32. The van der Waals surface area contributed by atoms with Gasteiger partial charge in [0.15, 0.2) is 16.6 Å². The number of amides is 2. The van der Waals surface area contributed by atoms with Crippen LogP contribution in [-0.2, 0) is 4.74 Å². The quantitative estimate of drug-likeness (QED) is 0.469. The van der Waals surface area contributed by atoms with Crippen LogP contribution in [0.4, 0.5) is 28.8 Å². The Labute approximate surface area is 197 Å². The molecule has 1 unspecified atom stereocenters. The van der Waals surface area contributed by atoms with Gasteiger partial charge in [-0.05, 0) is 37.1 Å². The Bertz CT molecular complexity index is 1160. The maximum Gasteiger partial charge on any atom is 0.573 e. The number of fused-ring (bicyclic) bond motifs is 1. The summed E-state index contributed by atoms with van der Waals surface area (Å²) in [6.07, 6.45) is -3.33. The lowest BCUT2D eigenvalue weighted by Gasteiger charge is -2.24. The number of benzene rings is 2. The van der Waals surface area contributed by atoms with Gasteiger partial charge in [0.05, 0.1) is 42.8 Å². The zero-order chi connectivity index (χ0) is 24.3. The van der Waals surface area contributed by atoms with Gasteiger partial charge in [0.1, 0.15) is 5.75 Å². The van der Waals surface area contributed by atoms with Crippen molar-refractivity contribution in [2.24, 2.45) is 0 Å². The summed E-state index contributed by atoms with van der Waals surface area (Å²) in [5, 5.41) is 3.13. The van der Waals surface area contributed by atoms with Crippen molar-refractivity contribution in [3.8, 4) is 17.2 Å². The van der Waals surface area contributed by atoms with Crippen LogP contribution in [0.15, 0.2) is 36.4 Å². The topological polar surface area (TPSA) is 82.2 Å². The van der Waals surface area contributed by atoms with Gasteiger partial charge >= 0.3 is 12.4 Å². The normalized spacial score (nSPS) is 15.9. The Morgan fingerprint density at radius 2 is 2.09 bits per heavy atom. The third-order valence-corrected chi connectivity index (χ3v) is 6.15. The number of alkyl halides is 3. The minimum absolute atomic E-state index is 0.186. The molecule has 2 amide bonds. The van der Waals surface area contributed by atoms with Gasteiger partial charge < -0.3 is 24.3 Å². The average Bonchev–Trinajstić information content (AvgIpc) is 3.45. The predicted octanol–water partition coefficient (Wildman–Crippen LogP) is 5.43. The third kappa shape index (κ3) is 5.45. The number of aromatic nitrogens is 1. The molecular weight excluding hydrogens is 475 g/mol. The number of ether oxygens (including phenoxy) is 4. The number of nitrogens with one attached hydrogen (secondary N) is 1. The second-order valence-electron chi connectivity index (χ2n) is 7.39. The molecule has 2 heterocycles. The van der Waals surface area contributed by atoms with Crippen molar-refractivity contribution in [2.75, 3.05) is 37.6 Å². The fourth-order valence-corrected chi connectivity index (χ4v) is 4.62. The smallest absolute Gasteiger partial charge is 0.493 e. The first-order valence-corrected chi connectivity index (χ1v) is 11.2. The number of hydrogen-bond acceptors (Lipinski definition) is 7.